The lowest BCUT2D eigenvalue weighted by atomic mass is 10.1. The average molecular weight is 524 g/mol. The monoisotopic (exact) mass is 524 g/mol. The molecule has 1 amide bonds. The van der Waals surface area contributed by atoms with E-state index in [1.807, 2.05) is 13.8 Å². The molecule has 1 aliphatic rings. The molecule has 9 heteroatoms. The van der Waals surface area contributed by atoms with Crippen LogP contribution >= 0.6 is 24.0 Å². The van der Waals surface area contributed by atoms with Crippen molar-refractivity contribution in [3.63, 3.8) is 0 Å². The van der Waals surface area contributed by atoms with Gasteiger partial charge in [0.05, 0.1) is 6.54 Å². The summed E-state index contributed by atoms with van der Waals surface area (Å²) >= 11 is 0. The maximum absolute atomic E-state index is 12.6. The first kappa shape index (κ1) is 25.4. The van der Waals surface area contributed by atoms with E-state index in [1.165, 1.54) is 18.9 Å². The summed E-state index contributed by atoms with van der Waals surface area (Å²) in [6, 6.07) is 5.33. The van der Waals surface area contributed by atoms with E-state index in [-0.39, 0.29) is 42.2 Å². The SMILES string of the molecule is CCNC(=NCc1cc(C)ccc1OC(F)F)NCCC(=O)NC1CCCC1.I. The number of nitrogens with zero attached hydrogens (tertiary/aromatic N) is 1. The topological polar surface area (TPSA) is 74.8 Å². The van der Waals surface area contributed by atoms with Crippen LogP contribution in [-0.4, -0.2) is 37.6 Å². The lowest BCUT2D eigenvalue weighted by Gasteiger charge is -2.14. The molecule has 164 valence electrons. The summed E-state index contributed by atoms with van der Waals surface area (Å²) in [6.07, 6.45) is 4.82. The predicted octanol–water partition coefficient (Wildman–Crippen LogP) is 3.72. The second-order valence-corrected chi connectivity index (χ2v) is 6.91. The van der Waals surface area contributed by atoms with Crippen molar-refractivity contribution in [3.8, 4) is 5.75 Å². The molecule has 0 spiro atoms. The predicted molar refractivity (Wildman–Crippen MR) is 121 cm³/mol. The van der Waals surface area contributed by atoms with Crippen LogP contribution in [0.3, 0.4) is 0 Å². The number of guanidine groups is 1. The van der Waals surface area contributed by atoms with Crippen molar-refractivity contribution in [3.05, 3.63) is 29.3 Å². The van der Waals surface area contributed by atoms with Gasteiger partial charge in [0.25, 0.3) is 0 Å². The number of nitrogens with one attached hydrogen (secondary N) is 3. The molecule has 1 fully saturated rings. The van der Waals surface area contributed by atoms with E-state index in [0.717, 1.165) is 18.4 Å². The highest BCUT2D eigenvalue weighted by Crippen LogP contribution is 2.23. The van der Waals surface area contributed by atoms with Gasteiger partial charge in [-0.3, -0.25) is 4.79 Å². The highest BCUT2D eigenvalue weighted by atomic mass is 127. The summed E-state index contributed by atoms with van der Waals surface area (Å²) in [7, 11) is 0. The number of carbonyl (C=O) groups excluding carboxylic acids is 1. The summed E-state index contributed by atoms with van der Waals surface area (Å²) < 4.78 is 29.7. The standard InChI is InChI=1S/C20H30F2N4O2.HI/c1-3-23-20(24-11-10-18(27)26-16-6-4-5-7-16)25-13-15-12-14(2)8-9-17(15)28-19(21)22;/h8-9,12,16,19H,3-7,10-11,13H2,1-2H3,(H,26,27)(H2,23,24,25);1H. The quantitative estimate of drug-likeness (QED) is 0.262. The Morgan fingerprint density at radius 2 is 2.00 bits per heavy atom. The number of hydrogen-bond acceptors (Lipinski definition) is 3. The zero-order valence-corrected chi connectivity index (χ0v) is 19.3. The number of halogens is 3. The third-order valence-electron chi connectivity index (χ3n) is 4.55. The molecule has 0 aliphatic heterocycles. The maximum atomic E-state index is 12.6. The van der Waals surface area contributed by atoms with Crippen molar-refractivity contribution in [2.24, 2.45) is 4.99 Å². The van der Waals surface area contributed by atoms with Gasteiger partial charge in [-0.05, 0) is 32.8 Å². The summed E-state index contributed by atoms with van der Waals surface area (Å²) in [4.78, 5) is 16.4. The largest absolute Gasteiger partial charge is 0.434 e. The van der Waals surface area contributed by atoms with Crippen LogP contribution in [0.4, 0.5) is 8.78 Å². The second kappa shape index (κ2) is 13.6. The van der Waals surface area contributed by atoms with E-state index < -0.39 is 6.61 Å². The Balaban J connectivity index is 0.00000420. The first-order valence-electron chi connectivity index (χ1n) is 9.83. The molecule has 0 bridgehead atoms. The van der Waals surface area contributed by atoms with Gasteiger partial charge in [-0.25, -0.2) is 4.99 Å². The minimum absolute atomic E-state index is 0. The molecule has 1 aliphatic carbocycles. The Morgan fingerprint density at radius 1 is 1.28 bits per heavy atom. The van der Waals surface area contributed by atoms with Crippen molar-refractivity contribution < 1.29 is 18.3 Å². The van der Waals surface area contributed by atoms with Gasteiger partial charge < -0.3 is 20.7 Å². The third kappa shape index (κ3) is 9.60. The maximum Gasteiger partial charge on any atom is 0.387 e. The van der Waals surface area contributed by atoms with E-state index in [2.05, 4.69) is 25.7 Å². The summed E-state index contributed by atoms with van der Waals surface area (Å²) in [5.41, 5.74) is 1.52. The van der Waals surface area contributed by atoms with E-state index >= 15 is 0 Å². The van der Waals surface area contributed by atoms with Crippen molar-refractivity contribution in [2.75, 3.05) is 13.1 Å². The molecule has 0 heterocycles. The van der Waals surface area contributed by atoms with Gasteiger partial charge in [0.15, 0.2) is 5.96 Å². The molecule has 6 nitrogen and oxygen atoms in total. The van der Waals surface area contributed by atoms with Crippen LogP contribution in [0.25, 0.3) is 0 Å². The number of ether oxygens (including phenoxy) is 1. The lowest BCUT2D eigenvalue weighted by molar-refractivity contribution is -0.121. The summed E-state index contributed by atoms with van der Waals surface area (Å²) in [6.45, 7) is 2.21. The summed E-state index contributed by atoms with van der Waals surface area (Å²) in [5.74, 6) is 0.679. The molecule has 0 radical (unpaired) electrons. The molecular formula is C20H31F2IN4O2. The van der Waals surface area contributed by atoms with E-state index in [9.17, 15) is 13.6 Å². The lowest BCUT2D eigenvalue weighted by Crippen LogP contribution is -2.40. The number of hydrogen-bond donors (Lipinski definition) is 3. The highest BCUT2D eigenvalue weighted by molar-refractivity contribution is 14.0. The molecule has 29 heavy (non-hydrogen) atoms. The van der Waals surface area contributed by atoms with Crippen molar-refractivity contribution in [1.29, 1.82) is 0 Å². The molecule has 0 unspecified atom stereocenters. The molecule has 1 saturated carbocycles. The molecule has 3 N–H and O–H groups in total. The zero-order valence-electron chi connectivity index (χ0n) is 17.0. The number of carbonyl (C=O) groups is 1. The number of benzene rings is 1. The third-order valence-corrected chi connectivity index (χ3v) is 4.55. The normalized spacial score (nSPS) is 14.4. The molecule has 0 saturated heterocycles. The van der Waals surface area contributed by atoms with Gasteiger partial charge in [-0.15, -0.1) is 24.0 Å². The Labute approximate surface area is 188 Å². The van der Waals surface area contributed by atoms with Gasteiger partial charge in [-0.1, -0.05) is 30.5 Å². The molecule has 1 aromatic rings. The average Bonchev–Trinajstić information content (AvgIpc) is 3.14. The van der Waals surface area contributed by atoms with Gasteiger partial charge in [0.2, 0.25) is 5.91 Å². The van der Waals surface area contributed by atoms with Crippen LogP contribution in [0.15, 0.2) is 23.2 Å². The van der Waals surface area contributed by atoms with Crippen LogP contribution in [0.1, 0.15) is 50.2 Å². The molecule has 0 aromatic heterocycles. The first-order chi connectivity index (χ1) is 13.5. The van der Waals surface area contributed by atoms with Gasteiger partial charge >= 0.3 is 6.61 Å². The molecular weight excluding hydrogens is 493 g/mol. The highest BCUT2D eigenvalue weighted by Gasteiger charge is 2.16. The smallest absolute Gasteiger partial charge is 0.387 e. The zero-order chi connectivity index (χ0) is 20.4. The van der Waals surface area contributed by atoms with E-state index in [4.69, 9.17) is 0 Å². The van der Waals surface area contributed by atoms with Crippen LogP contribution in [0, 0.1) is 6.92 Å². The fourth-order valence-corrected chi connectivity index (χ4v) is 3.21. The second-order valence-electron chi connectivity index (χ2n) is 6.91. The minimum atomic E-state index is -2.88. The van der Waals surface area contributed by atoms with Crippen molar-refractivity contribution in [1.82, 2.24) is 16.0 Å². The van der Waals surface area contributed by atoms with Crippen LogP contribution in [0.5, 0.6) is 5.75 Å². The molecule has 0 atom stereocenters. The number of aryl methyl sites for hydroxylation is 1. The number of alkyl halides is 2. The van der Waals surface area contributed by atoms with E-state index in [0.29, 0.717) is 37.1 Å². The fraction of sp³-hybridized carbons (Fsp3) is 0.600. The fourth-order valence-electron chi connectivity index (χ4n) is 3.21. The minimum Gasteiger partial charge on any atom is -0.434 e. The Hall–Kier alpha value is -1.65. The Morgan fingerprint density at radius 3 is 2.66 bits per heavy atom. The van der Waals surface area contributed by atoms with E-state index in [1.54, 1.807) is 12.1 Å². The number of aliphatic imine (C=N–C) groups is 1. The number of amides is 1. The van der Waals surface area contributed by atoms with Crippen LogP contribution < -0.4 is 20.7 Å². The summed E-state index contributed by atoms with van der Waals surface area (Å²) in [5, 5.41) is 9.25. The number of rotatable bonds is 9. The molecule has 2 rings (SSSR count). The van der Waals surface area contributed by atoms with Crippen molar-refractivity contribution in [2.45, 2.75) is 65.1 Å². The van der Waals surface area contributed by atoms with Crippen LogP contribution in [0.2, 0.25) is 0 Å². The Bertz CT molecular complexity index is 668. The van der Waals surface area contributed by atoms with Gasteiger partial charge in [-0.2, -0.15) is 8.78 Å². The Kier molecular flexibility index (Phi) is 11.9. The first-order valence-corrected chi connectivity index (χ1v) is 9.83. The van der Waals surface area contributed by atoms with Gasteiger partial charge in [0, 0.05) is 31.1 Å². The van der Waals surface area contributed by atoms with Gasteiger partial charge in [0.1, 0.15) is 5.75 Å². The molecule has 1 aromatic carbocycles. The van der Waals surface area contributed by atoms with Crippen molar-refractivity contribution >= 4 is 35.8 Å². The van der Waals surface area contributed by atoms with Crippen LogP contribution in [-0.2, 0) is 11.3 Å².